The highest BCUT2D eigenvalue weighted by atomic mass is 16.4. The summed E-state index contributed by atoms with van der Waals surface area (Å²) in [5.74, 6) is 0.281. The van der Waals surface area contributed by atoms with Gasteiger partial charge in [-0.25, -0.2) is 14.3 Å². The summed E-state index contributed by atoms with van der Waals surface area (Å²) in [6.07, 6.45) is 6.47. The molecule has 3 aromatic rings. The van der Waals surface area contributed by atoms with Crippen molar-refractivity contribution in [1.29, 1.82) is 0 Å². The lowest BCUT2D eigenvalue weighted by Crippen LogP contribution is -2.26. The molecule has 0 aliphatic heterocycles. The van der Waals surface area contributed by atoms with Crippen LogP contribution in [-0.2, 0) is 19.5 Å². The van der Waals surface area contributed by atoms with Crippen LogP contribution in [-0.4, -0.2) is 25.4 Å². The lowest BCUT2D eigenvalue weighted by Gasteiger charge is -2.10. The Morgan fingerprint density at radius 3 is 2.36 bits per heavy atom. The first kappa shape index (κ1) is 24.5. The molecule has 0 fully saturated rings. The minimum atomic E-state index is -0.943. The Morgan fingerprint density at radius 2 is 1.70 bits per heavy atom. The van der Waals surface area contributed by atoms with Crippen molar-refractivity contribution >= 4 is 5.97 Å². The summed E-state index contributed by atoms with van der Waals surface area (Å²) in [7, 11) is 0. The van der Waals surface area contributed by atoms with Crippen LogP contribution in [0.1, 0.15) is 74.6 Å². The van der Waals surface area contributed by atoms with E-state index in [-0.39, 0.29) is 11.3 Å². The Kier molecular flexibility index (Phi) is 8.64. The molecule has 2 aromatic carbocycles. The van der Waals surface area contributed by atoms with Gasteiger partial charge in [0, 0.05) is 13.0 Å². The molecule has 1 N–H and O–H groups in total. The lowest BCUT2D eigenvalue weighted by atomic mass is 9.99. The van der Waals surface area contributed by atoms with Crippen molar-refractivity contribution in [2.75, 3.05) is 0 Å². The minimum absolute atomic E-state index is 0.0542. The van der Waals surface area contributed by atoms with E-state index in [2.05, 4.69) is 25.9 Å². The summed E-state index contributed by atoms with van der Waals surface area (Å²) in [5.41, 5.74) is 2.74. The van der Waals surface area contributed by atoms with Gasteiger partial charge < -0.3 is 5.11 Å². The van der Waals surface area contributed by atoms with E-state index in [0.717, 1.165) is 36.2 Å². The zero-order valence-electron chi connectivity index (χ0n) is 20.0. The summed E-state index contributed by atoms with van der Waals surface area (Å²) in [6.45, 7) is 7.57. The third-order valence-corrected chi connectivity index (χ3v) is 5.83. The van der Waals surface area contributed by atoms with Crippen molar-refractivity contribution in [3.8, 4) is 11.1 Å². The summed E-state index contributed by atoms with van der Waals surface area (Å²) in [4.78, 5) is 24.6. The zero-order valence-corrected chi connectivity index (χ0v) is 20.0. The Balaban J connectivity index is 1.80. The second-order valence-electron chi connectivity index (χ2n) is 9.07. The number of hydrogen-bond donors (Lipinski definition) is 1. The number of aromatic carboxylic acids is 1. The van der Waals surface area contributed by atoms with Crippen LogP contribution in [0.3, 0.4) is 0 Å². The van der Waals surface area contributed by atoms with Crippen LogP contribution >= 0.6 is 0 Å². The molecule has 0 atom stereocenters. The van der Waals surface area contributed by atoms with Gasteiger partial charge in [0.25, 0.3) is 0 Å². The fourth-order valence-electron chi connectivity index (χ4n) is 4.07. The molecule has 0 aliphatic carbocycles. The van der Waals surface area contributed by atoms with Gasteiger partial charge in [-0.2, -0.15) is 5.10 Å². The predicted molar refractivity (Wildman–Crippen MR) is 132 cm³/mol. The van der Waals surface area contributed by atoms with E-state index in [0.29, 0.717) is 24.6 Å². The number of hydrogen-bond acceptors (Lipinski definition) is 3. The minimum Gasteiger partial charge on any atom is -0.478 e. The molecule has 1 heterocycles. The number of carboxylic acid groups (broad SMARTS) is 1. The van der Waals surface area contributed by atoms with Crippen LogP contribution in [0.5, 0.6) is 0 Å². The van der Waals surface area contributed by atoms with E-state index in [1.807, 2.05) is 36.4 Å². The first-order chi connectivity index (χ1) is 15.9. The summed E-state index contributed by atoms with van der Waals surface area (Å²) in [6, 6.07) is 14.7. The monoisotopic (exact) mass is 449 g/mol. The van der Waals surface area contributed by atoms with Crippen molar-refractivity contribution in [2.24, 2.45) is 5.92 Å². The quantitative estimate of drug-likeness (QED) is 0.364. The van der Waals surface area contributed by atoms with Crippen molar-refractivity contribution in [1.82, 2.24) is 14.3 Å². The molecule has 0 saturated heterocycles. The molecule has 3 rings (SSSR count). The standard InChI is InChI=1S/C27H35N3O3/c1-4-5-6-7-10-17-30-27(33)29(25(28-30)18-20(2)3)19-21-13-15-22(16-14-21)23-11-8-9-12-24(23)26(31)32/h8-9,11-16,20H,4-7,10,17-19H2,1-3H3,(H,31,32). The first-order valence-electron chi connectivity index (χ1n) is 12.0. The number of unbranched alkanes of at least 4 members (excludes halogenated alkanes) is 4. The van der Waals surface area contributed by atoms with E-state index < -0.39 is 5.97 Å². The van der Waals surface area contributed by atoms with Gasteiger partial charge in [-0.05, 0) is 35.1 Å². The Bertz CT molecular complexity index is 1110. The Labute approximate surface area is 195 Å². The van der Waals surface area contributed by atoms with Crippen molar-refractivity contribution in [3.05, 3.63) is 76.0 Å². The van der Waals surface area contributed by atoms with Crippen LogP contribution in [0.2, 0.25) is 0 Å². The fourth-order valence-corrected chi connectivity index (χ4v) is 4.07. The van der Waals surface area contributed by atoms with Gasteiger partial charge in [0.2, 0.25) is 0 Å². The van der Waals surface area contributed by atoms with Gasteiger partial charge >= 0.3 is 11.7 Å². The number of benzene rings is 2. The molecule has 0 aliphatic rings. The van der Waals surface area contributed by atoms with Gasteiger partial charge in [0.05, 0.1) is 12.1 Å². The van der Waals surface area contributed by atoms with Crippen LogP contribution in [0.25, 0.3) is 11.1 Å². The third kappa shape index (κ3) is 6.44. The molecule has 6 nitrogen and oxygen atoms in total. The molecule has 176 valence electrons. The summed E-state index contributed by atoms with van der Waals surface area (Å²) >= 11 is 0. The van der Waals surface area contributed by atoms with E-state index in [1.54, 1.807) is 21.4 Å². The summed E-state index contributed by atoms with van der Waals surface area (Å²) in [5, 5.41) is 14.1. The molecule has 33 heavy (non-hydrogen) atoms. The maximum Gasteiger partial charge on any atom is 0.346 e. The van der Waals surface area contributed by atoms with Crippen molar-refractivity contribution in [3.63, 3.8) is 0 Å². The van der Waals surface area contributed by atoms with Crippen molar-refractivity contribution < 1.29 is 9.90 Å². The topological polar surface area (TPSA) is 77.1 Å². The van der Waals surface area contributed by atoms with Gasteiger partial charge in [-0.3, -0.25) is 4.57 Å². The smallest absolute Gasteiger partial charge is 0.346 e. The number of aromatic nitrogens is 3. The molecular weight excluding hydrogens is 414 g/mol. The fraction of sp³-hybridized carbons (Fsp3) is 0.444. The molecular formula is C27H35N3O3. The van der Waals surface area contributed by atoms with Crippen LogP contribution in [0.4, 0.5) is 0 Å². The van der Waals surface area contributed by atoms with Gasteiger partial charge in [-0.1, -0.05) is 88.9 Å². The van der Waals surface area contributed by atoms with Gasteiger partial charge in [-0.15, -0.1) is 0 Å². The average Bonchev–Trinajstić information content (AvgIpc) is 3.08. The lowest BCUT2D eigenvalue weighted by molar-refractivity contribution is 0.0697. The number of carboxylic acids is 1. The Hall–Kier alpha value is -3.15. The number of nitrogens with zero attached hydrogens (tertiary/aromatic N) is 3. The molecule has 0 radical (unpaired) electrons. The van der Waals surface area contributed by atoms with Crippen molar-refractivity contribution in [2.45, 2.75) is 72.4 Å². The summed E-state index contributed by atoms with van der Waals surface area (Å²) < 4.78 is 3.41. The van der Waals surface area contributed by atoms with E-state index in [9.17, 15) is 14.7 Å². The van der Waals surface area contributed by atoms with Gasteiger partial charge in [0.15, 0.2) is 0 Å². The molecule has 0 unspecified atom stereocenters. The predicted octanol–water partition coefficient (Wildman–Crippen LogP) is 5.63. The van der Waals surface area contributed by atoms with Gasteiger partial charge in [0.1, 0.15) is 5.82 Å². The zero-order chi connectivity index (χ0) is 23.8. The Morgan fingerprint density at radius 1 is 1.00 bits per heavy atom. The molecule has 0 spiro atoms. The molecule has 0 bridgehead atoms. The van der Waals surface area contributed by atoms with Crippen LogP contribution < -0.4 is 5.69 Å². The van der Waals surface area contributed by atoms with E-state index in [1.165, 1.54) is 19.3 Å². The SMILES string of the molecule is CCCCCCCn1nc(CC(C)C)n(Cc2ccc(-c3ccccc3C(=O)O)cc2)c1=O. The van der Waals surface area contributed by atoms with Crippen LogP contribution in [0, 0.1) is 5.92 Å². The highest BCUT2D eigenvalue weighted by molar-refractivity contribution is 5.95. The largest absolute Gasteiger partial charge is 0.478 e. The highest BCUT2D eigenvalue weighted by Gasteiger charge is 2.15. The number of rotatable bonds is 12. The van der Waals surface area contributed by atoms with E-state index in [4.69, 9.17) is 0 Å². The maximum absolute atomic E-state index is 13.1. The molecule has 6 heteroatoms. The second kappa shape index (κ2) is 11.6. The normalized spacial score (nSPS) is 11.3. The number of aryl methyl sites for hydroxylation is 1. The highest BCUT2D eigenvalue weighted by Crippen LogP contribution is 2.24. The second-order valence-corrected chi connectivity index (χ2v) is 9.07. The maximum atomic E-state index is 13.1. The van der Waals surface area contributed by atoms with Crippen LogP contribution in [0.15, 0.2) is 53.3 Å². The number of carbonyl (C=O) groups is 1. The third-order valence-electron chi connectivity index (χ3n) is 5.83. The average molecular weight is 450 g/mol. The molecule has 0 saturated carbocycles. The molecule has 0 amide bonds. The molecule has 1 aromatic heterocycles. The van der Waals surface area contributed by atoms with E-state index >= 15 is 0 Å². The first-order valence-corrected chi connectivity index (χ1v) is 12.0.